The molecule has 0 heterocycles. The van der Waals surface area contributed by atoms with Crippen LogP contribution < -0.4 is 10.6 Å². The fourth-order valence-corrected chi connectivity index (χ4v) is 3.98. The molecule has 0 fully saturated rings. The normalized spacial score (nSPS) is 12.8. The van der Waals surface area contributed by atoms with E-state index in [2.05, 4.69) is 30.5 Å². The smallest absolute Gasteiger partial charge is 0.224 e. The van der Waals surface area contributed by atoms with Crippen LogP contribution in [0.2, 0.25) is 0 Å². The molecule has 0 saturated heterocycles. The highest BCUT2D eigenvalue weighted by atomic mass is 16.3. The Labute approximate surface area is 201 Å². The number of aliphatic hydroxyl groups is 1. The molecule has 3 rings (SSSR count). The SMILES string of the molecule is Cc1cccc(CNC(=O)Cc2cccc(C[C@@H](C)NC[C@H](O)c3cc(O)cc(O)c3)c2)c1C. The van der Waals surface area contributed by atoms with Crippen LogP contribution in [0, 0.1) is 13.8 Å². The molecule has 0 radical (unpaired) electrons. The average Bonchev–Trinajstić information content (AvgIpc) is 2.78. The number of aliphatic hydroxyl groups excluding tert-OH is 1. The van der Waals surface area contributed by atoms with Gasteiger partial charge in [0.1, 0.15) is 11.5 Å². The molecule has 0 saturated carbocycles. The number of hydrogen-bond donors (Lipinski definition) is 5. The topological polar surface area (TPSA) is 102 Å². The molecule has 0 aliphatic rings. The fraction of sp³-hybridized carbons (Fsp3) is 0.321. The van der Waals surface area contributed by atoms with Crippen LogP contribution in [-0.4, -0.2) is 33.8 Å². The molecular weight excluding hydrogens is 428 g/mol. The molecule has 2 atom stereocenters. The summed E-state index contributed by atoms with van der Waals surface area (Å²) < 4.78 is 0. The Kier molecular flexibility index (Phi) is 8.68. The first-order chi connectivity index (χ1) is 16.2. The molecule has 3 aromatic carbocycles. The second kappa shape index (κ2) is 11.7. The van der Waals surface area contributed by atoms with Crippen molar-refractivity contribution in [3.8, 4) is 11.5 Å². The van der Waals surface area contributed by atoms with Crippen molar-refractivity contribution >= 4 is 5.91 Å². The zero-order valence-corrected chi connectivity index (χ0v) is 20.0. The van der Waals surface area contributed by atoms with E-state index in [1.807, 2.05) is 43.3 Å². The van der Waals surface area contributed by atoms with Gasteiger partial charge in [0.2, 0.25) is 5.91 Å². The summed E-state index contributed by atoms with van der Waals surface area (Å²) in [7, 11) is 0. The number of amides is 1. The van der Waals surface area contributed by atoms with Crippen LogP contribution in [0.5, 0.6) is 11.5 Å². The second-order valence-electron chi connectivity index (χ2n) is 8.94. The van der Waals surface area contributed by atoms with Gasteiger partial charge in [0, 0.05) is 25.2 Å². The quantitative estimate of drug-likeness (QED) is 0.315. The van der Waals surface area contributed by atoms with E-state index in [0.717, 1.165) is 23.1 Å². The molecule has 0 unspecified atom stereocenters. The highest BCUT2D eigenvalue weighted by Gasteiger charge is 2.13. The van der Waals surface area contributed by atoms with Crippen LogP contribution in [0.4, 0.5) is 0 Å². The summed E-state index contributed by atoms with van der Waals surface area (Å²) in [5.41, 5.74) is 6.06. The van der Waals surface area contributed by atoms with Gasteiger partial charge >= 0.3 is 0 Å². The molecule has 5 N–H and O–H groups in total. The Morgan fingerprint density at radius 2 is 1.62 bits per heavy atom. The lowest BCUT2D eigenvalue weighted by atomic mass is 10.0. The van der Waals surface area contributed by atoms with E-state index in [1.54, 1.807) is 0 Å². The number of hydrogen-bond acceptors (Lipinski definition) is 5. The number of carbonyl (C=O) groups excluding carboxylic acids is 1. The summed E-state index contributed by atoms with van der Waals surface area (Å²) >= 11 is 0. The highest BCUT2D eigenvalue weighted by molar-refractivity contribution is 5.78. The van der Waals surface area contributed by atoms with Crippen LogP contribution in [-0.2, 0) is 24.2 Å². The maximum absolute atomic E-state index is 12.5. The van der Waals surface area contributed by atoms with Gasteiger partial charge < -0.3 is 26.0 Å². The number of benzene rings is 3. The Hall–Kier alpha value is -3.35. The van der Waals surface area contributed by atoms with Gasteiger partial charge in [-0.05, 0) is 72.7 Å². The van der Waals surface area contributed by atoms with E-state index in [-0.39, 0.29) is 30.0 Å². The molecule has 3 aromatic rings. The highest BCUT2D eigenvalue weighted by Crippen LogP contribution is 2.24. The Morgan fingerprint density at radius 1 is 0.941 bits per heavy atom. The number of rotatable bonds is 10. The van der Waals surface area contributed by atoms with Crippen molar-refractivity contribution in [3.63, 3.8) is 0 Å². The third-order valence-corrected chi connectivity index (χ3v) is 6.06. The van der Waals surface area contributed by atoms with Crippen molar-refractivity contribution in [2.24, 2.45) is 0 Å². The monoisotopic (exact) mass is 462 g/mol. The zero-order chi connectivity index (χ0) is 24.7. The minimum atomic E-state index is -0.854. The molecular formula is C28H34N2O4. The Morgan fingerprint density at radius 3 is 2.35 bits per heavy atom. The Balaban J connectivity index is 1.49. The van der Waals surface area contributed by atoms with Gasteiger partial charge in [-0.15, -0.1) is 0 Å². The maximum Gasteiger partial charge on any atom is 0.224 e. The third kappa shape index (κ3) is 7.33. The van der Waals surface area contributed by atoms with Crippen molar-refractivity contribution in [2.75, 3.05) is 6.54 Å². The van der Waals surface area contributed by atoms with Crippen molar-refractivity contribution in [3.05, 3.63) is 94.0 Å². The van der Waals surface area contributed by atoms with E-state index in [9.17, 15) is 20.1 Å². The van der Waals surface area contributed by atoms with Crippen molar-refractivity contribution in [1.29, 1.82) is 0 Å². The van der Waals surface area contributed by atoms with Gasteiger partial charge in [0.05, 0.1) is 12.5 Å². The fourth-order valence-electron chi connectivity index (χ4n) is 3.98. The molecule has 34 heavy (non-hydrogen) atoms. The van der Waals surface area contributed by atoms with E-state index in [0.29, 0.717) is 18.5 Å². The van der Waals surface area contributed by atoms with Crippen molar-refractivity contribution < 1.29 is 20.1 Å². The summed E-state index contributed by atoms with van der Waals surface area (Å²) in [5.74, 6) is -0.185. The Bertz CT molecular complexity index is 1110. The first kappa shape index (κ1) is 25.3. The maximum atomic E-state index is 12.5. The number of phenolic OH excluding ortho intramolecular Hbond substituents is 2. The molecule has 6 nitrogen and oxygen atoms in total. The van der Waals surface area contributed by atoms with Gasteiger partial charge in [-0.3, -0.25) is 4.79 Å². The van der Waals surface area contributed by atoms with Crippen LogP contribution in [0.3, 0.4) is 0 Å². The molecule has 0 spiro atoms. The average molecular weight is 463 g/mol. The predicted octanol–water partition coefficient (Wildman–Crippen LogP) is 3.83. The molecule has 6 heteroatoms. The van der Waals surface area contributed by atoms with Crippen LogP contribution in [0.25, 0.3) is 0 Å². The van der Waals surface area contributed by atoms with Gasteiger partial charge in [-0.25, -0.2) is 0 Å². The minimum absolute atomic E-state index is 0.0123. The van der Waals surface area contributed by atoms with E-state index in [1.165, 1.54) is 29.3 Å². The van der Waals surface area contributed by atoms with Crippen LogP contribution in [0.1, 0.15) is 46.4 Å². The standard InChI is InChI=1S/C28H34N2O4/c1-18-6-4-9-23(20(18)3)16-30-28(34)12-22-8-5-7-21(11-22)10-19(2)29-17-27(33)24-13-25(31)15-26(32)14-24/h4-9,11,13-15,19,27,29,31-33H,10,12,16-17H2,1-3H3,(H,30,34)/t19-,27+/m1/s1. The summed E-state index contributed by atoms with van der Waals surface area (Å²) in [6.07, 6.45) is 0.198. The lowest BCUT2D eigenvalue weighted by Gasteiger charge is -2.18. The van der Waals surface area contributed by atoms with E-state index >= 15 is 0 Å². The van der Waals surface area contributed by atoms with Gasteiger partial charge in [-0.1, -0.05) is 42.5 Å². The lowest BCUT2D eigenvalue weighted by Crippen LogP contribution is -2.32. The third-order valence-electron chi connectivity index (χ3n) is 6.06. The number of phenols is 2. The molecule has 0 aliphatic heterocycles. The first-order valence-electron chi connectivity index (χ1n) is 11.5. The van der Waals surface area contributed by atoms with Crippen molar-refractivity contribution in [1.82, 2.24) is 10.6 Å². The molecule has 0 bridgehead atoms. The van der Waals surface area contributed by atoms with Gasteiger partial charge in [0.15, 0.2) is 0 Å². The molecule has 180 valence electrons. The first-order valence-corrected chi connectivity index (χ1v) is 11.5. The number of aryl methyl sites for hydroxylation is 1. The van der Waals surface area contributed by atoms with Crippen LogP contribution >= 0.6 is 0 Å². The zero-order valence-electron chi connectivity index (χ0n) is 20.0. The second-order valence-corrected chi connectivity index (χ2v) is 8.94. The van der Waals surface area contributed by atoms with Crippen molar-refractivity contribution in [2.45, 2.75) is 52.3 Å². The van der Waals surface area contributed by atoms with Gasteiger partial charge in [0.25, 0.3) is 0 Å². The summed E-state index contributed by atoms with van der Waals surface area (Å²) in [6.45, 7) is 6.97. The van der Waals surface area contributed by atoms with Crippen LogP contribution in [0.15, 0.2) is 60.7 Å². The van der Waals surface area contributed by atoms with Gasteiger partial charge in [-0.2, -0.15) is 0 Å². The van der Waals surface area contributed by atoms with E-state index < -0.39 is 6.10 Å². The van der Waals surface area contributed by atoms with E-state index in [4.69, 9.17) is 0 Å². The molecule has 0 aromatic heterocycles. The predicted molar refractivity (Wildman–Crippen MR) is 134 cm³/mol. The number of carbonyl (C=O) groups is 1. The minimum Gasteiger partial charge on any atom is -0.508 e. The number of nitrogens with one attached hydrogen (secondary N) is 2. The number of aromatic hydroxyl groups is 2. The lowest BCUT2D eigenvalue weighted by molar-refractivity contribution is -0.120. The largest absolute Gasteiger partial charge is 0.508 e. The molecule has 1 amide bonds. The summed E-state index contributed by atoms with van der Waals surface area (Å²) in [6, 6.07) is 18.3. The summed E-state index contributed by atoms with van der Waals surface area (Å²) in [4.78, 5) is 12.5. The molecule has 0 aliphatic carbocycles. The summed E-state index contributed by atoms with van der Waals surface area (Å²) in [5, 5.41) is 35.9.